The van der Waals surface area contributed by atoms with E-state index in [1.165, 1.54) is 6.42 Å². The predicted octanol–water partition coefficient (Wildman–Crippen LogP) is 5.85. The molecule has 1 aliphatic carbocycles. The van der Waals surface area contributed by atoms with Crippen molar-refractivity contribution in [3.8, 4) is 5.75 Å². The van der Waals surface area contributed by atoms with Crippen LogP contribution in [0, 0.1) is 10.8 Å². The van der Waals surface area contributed by atoms with Crippen LogP contribution in [-0.4, -0.2) is 54.0 Å². The summed E-state index contributed by atoms with van der Waals surface area (Å²) in [6.07, 6.45) is 7.84. The number of pyridine rings is 1. The molecule has 0 radical (unpaired) electrons. The molecule has 2 aromatic heterocycles. The fraction of sp³-hybridized carbons (Fsp3) is 0.633. The summed E-state index contributed by atoms with van der Waals surface area (Å²) in [5, 5.41) is 1.81. The molecule has 1 aliphatic heterocycles. The van der Waals surface area contributed by atoms with Crippen LogP contribution in [0.15, 0.2) is 35.3 Å². The highest BCUT2D eigenvalue weighted by Gasteiger charge is 2.45. The molecule has 3 aromatic rings. The van der Waals surface area contributed by atoms with Gasteiger partial charge in [0.1, 0.15) is 5.75 Å². The molecule has 0 amide bonds. The maximum absolute atomic E-state index is 14.3. The van der Waals surface area contributed by atoms with Gasteiger partial charge in [-0.15, -0.1) is 0 Å². The highest BCUT2D eigenvalue weighted by molar-refractivity contribution is 6.09. The fourth-order valence-corrected chi connectivity index (χ4v) is 7.24. The van der Waals surface area contributed by atoms with Gasteiger partial charge in [0.2, 0.25) is 0 Å². The topological polar surface area (TPSA) is 48.6 Å². The van der Waals surface area contributed by atoms with Gasteiger partial charge in [0.05, 0.1) is 30.1 Å². The summed E-state index contributed by atoms with van der Waals surface area (Å²) < 4.78 is 15.9. The summed E-state index contributed by atoms with van der Waals surface area (Å²) in [5.41, 5.74) is 2.27. The van der Waals surface area contributed by atoms with Crippen LogP contribution in [0.3, 0.4) is 0 Å². The van der Waals surface area contributed by atoms with Crippen LogP contribution in [-0.2, 0) is 11.3 Å². The van der Waals surface area contributed by atoms with Gasteiger partial charge in [-0.2, -0.15) is 0 Å². The molecular formula is C30H43N3O3. The number of hydrogen-bond acceptors (Lipinski definition) is 4. The number of rotatable bonds is 5. The lowest BCUT2D eigenvalue weighted by Gasteiger charge is -2.50. The first kappa shape index (κ1) is 25.3. The average Bonchev–Trinajstić information content (AvgIpc) is 3.13. The molecule has 0 N–H and O–H groups in total. The van der Waals surface area contributed by atoms with E-state index in [4.69, 9.17) is 9.47 Å². The zero-order chi connectivity index (χ0) is 25.5. The Morgan fingerprint density at radius 3 is 2.50 bits per heavy atom. The third kappa shape index (κ3) is 4.47. The lowest BCUT2D eigenvalue weighted by molar-refractivity contribution is 0.0228. The smallest absolute Gasteiger partial charge is 0.260 e. The molecule has 2 aliphatic rings. The Morgan fingerprint density at radius 1 is 0.972 bits per heavy atom. The molecule has 6 heteroatoms. The highest BCUT2D eigenvalue weighted by Crippen LogP contribution is 2.53. The fourth-order valence-electron chi connectivity index (χ4n) is 7.24. The molecule has 1 saturated carbocycles. The Morgan fingerprint density at radius 2 is 1.75 bits per heavy atom. The van der Waals surface area contributed by atoms with Crippen LogP contribution in [0.1, 0.15) is 65.8 Å². The Bertz CT molecular complexity index is 1260. The van der Waals surface area contributed by atoms with Crippen molar-refractivity contribution >= 4 is 21.8 Å². The molecular weight excluding hydrogens is 450 g/mol. The molecule has 2 fully saturated rings. The first-order valence-corrected chi connectivity index (χ1v) is 13.7. The maximum atomic E-state index is 14.3. The summed E-state index contributed by atoms with van der Waals surface area (Å²) in [4.78, 5) is 16.8. The largest absolute Gasteiger partial charge is 0.495 e. The first-order chi connectivity index (χ1) is 17.2. The molecule has 1 aromatic carbocycles. The third-order valence-electron chi connectivity index (χ3n) is 8.75. The van der Waals surface area contributed by atoms with Crippen LogP contribution >= 0.6 is 0 Å². The van der Waals surface area contributed by atoms with E-state index in [0.29, 0.717) is 0 Å². The van der Waals surface area contributed by atoms with Gasteiger partial charge in [-0.1, -0.05) is 46.2 Å². The summed E-state index contributed by atoms with van der Waals surface area (Å²) >= 11 is 0. The van der Waals surface area contributed by atoms with Gasteiger partial charge < -0.3 is 18.6 Å². The Labute approximate surface area is 215 Å². The van der Waals surface area contributed by atoms with E-state index in [-0.39, 0.29) is 22.4 Å². The number of benzene rings is 1. The normalized spacial score (nSPS) is 21.5. The minimum Gasteiger partial charge on any atom is -0.495 e. The number of methoxy groups -OCH3 is 1. The van der Waals surface area contributed by atoms with Crippen molar-refractivity contribution in [1.82, 2.24) is 14.0 Å². The Kier molecular flexibility index (Phi) is 6.94. The van der Waals surface area contributed by atoms with Crippen LogP contribution in [0.2, 0.25) is 0 Å². The molecule has 36 heavy (non-hydrogen) atoms. The molecule has 196 valence electrons. The standard InChI is InChI=1S/C30H43N3O3/c1-29(2)13-9-14-30(3,4)28(29)33-16-12-23-25(27(33)34)22-10-8-11-24(35-5)26(22)32(23)18-17-31-15-6-7-20-36-21-19-31/h8,10-12,16,28H,6-7,9,13-15,17-21H2,1-5H3. The number of hydrogen-bond donors (Lipinski definition) is 0. The van der Waals surface area contributed by atoms with Crippen LogP contribution in [0.25, 0.3) is 21.8 Å². The zero-order valence-corrected chi connectivity index (χ0v) is 22.8. The molecule has 3 heterocycles. The summed E-state index contributed by atoms with van der Waals surface area (Å²) in [7, 11) is 1.72. The molecule has 0 spiro atoms. The van der Waals surface area contributed by atoms with Crippen LogP contribution < -0.4 is 10.3 Å². The average molecular weight is 494 g/mol. The minimum absolute atomic E-state index is 0.0584. The van der Waals surface area contributed by atoms with E-state index in [2.05, 4.69) is 60.1 Å². The molecule has 0 unspecified atom stereocenters. The van der Waals surface area contributed by atoms with E-state index >= 15 is 0 Å². The molecule has 5 rings (SSSR count). The number of para-hydroxylation sites is 1. The van der Waals surface area contributed by atoms with Crippen molar-refractivity contribution in [3.05, 3.63) is 40.8 Å². The lowest BCUT2D eigenvalue weighted by atomic mass is 9.61. The summed E-state index contributed by atoms with van der Waals surface area (Å²) in [6.45, 7) is 14.7. The van der Waals surface area contributed by atoms with Gasteiger partial charge >= 0.3 is 0 Å². The van der Waals surface area contributed by atoms with Crippen LogP contribution in [0.5, 0.6) is 5.75 Å². The quantitative estimate of drug-likeness (QED) is 0.447. The van der Waals surface area contributed by atoms with Crippen molar-refractivity contribution in [2.75, 3.05) is 40.0 Å². The second kappa shape index (κ2) is 9.86. The number of nitrogens with zero attached hydrogens (tertiary/aromatic N) is 3. The van der Waals surface area contributed by atoms with Crippen LogP contribution in [0.4, 0.5) is 0 Å². The van der Waals surface area contributed by atoms with Gasteiger partial charge in [0, 0.05) is 43.9 Å². The Balaban J connectivity index is 1.63. The first-order valence-electron chi connectivity index (χ1n) is 13.7. The summed E-state index contributed by atoms with van der Waals surface area (Å²) in [5.74, 6) is 0.823. The number of fused-ring (bicyclic) bond motifs is 3. The maximum Gasteiger partial charge on any atom is 0.260 e. The SMILES string of the molecule is COc1cccc2c3c(=O)n(C4C(C)(C)CCCC4(C)C)ccc3n(CCN3CCCCOCC3)c12. The zero-order valence-electron chi connectivity index (χ0n) is 22.8. The highest BCUT2D eigenvalue weighted by atomic mass is 16.5. The van der Waals surface area contributed by atoms with Crippen molar-refractivity contribution in [2.45, 2.75) is 72.4 Å². The third-order valence-corrected chi connectivity index (χ3v) is 8.75. The predicted molar refractivity (Wildman–Crippen MR) is 147 cm³/mol. The van der Waals surface area contributed by atoms with E-state index in [9.17, 15) is 4.79 Å². The molecule has 6 nitrogen and oxygen atoms in total. The Hall–Kier alpha value is -2.31. The van der Waals surface area contributed by atoms with E-state index < -0.39 is 0 Å². The van der Waals surface area contributed by atoms with E-state index in [1.807, 2.05) is 12.1 Å². The summed E-state index contributed by atoms with van der Waals surface area (Å²) in [6, 6.07) is 8.43. The minimum atomic E-state index is 0.0584. The number of ether oxygens (including phenoxy) is 2. The van der Waals surface area contributed by atoms with Crippen molar-refractivity contribution < 1.29 is 9.47 Å². The van der Waals surface area contributed by atoms with E-state index in [1.54, 1.807) is 7.11 Å². The van der Waals surface area contributed by atoms with Crippen molar-refractivity contribution in [2.24, 2.45) is 10.8 Å². The monoisotopic (exact) mass is 493 g/mol. The molecule has 0 bridgehead atoms. The number of aromatic nitrogens is 2. The van der Waals surface area contributed by atoms with Gasteiger partial charge in [-0.25, -0.2) is 0 Å². The van der Waals surface area contributed by atoms with Gasteiger partial charge in [-0.05, 0) is 55.2 Å². The molecule has 1 saturated heterocycles. The van der Waals surface area contributed by atoms with Crippen molar-refractivity contribution in [1.29, 1.82) is 0 Å². The van der Waals surface area contributed by atoms with Gasteiger partial charge in [0.25, 0.3) is 5.56 Å². The molecule has 0 atom stereocenters. The second-order valence-electron chi connectivity index (χ2n) is 12.2. The van der Waals surface area contributed by atoms with Gasteiger partial charge in [-0.3, -0.25) is 9.69 Å². The van der Waals surface area contributed by atoms with Crippen molar-refractivity contribution in [3.63, 3.8) is 0 Å². The van der Waals surface area contributed by atoms with Gasteiger partial charge in [0.15, 0.2) is 0 Å². The van der Waals surface area contributed by atoms with E-state index in [0.717, 1.165) is 92.6 Å². The second-order valence-corrected chi connectivity index (χ2v) is 12.2. The lowest BCUT2D eigenvalue weighted by Crippen LogP contribution is -2.45.